The predicted octanol–water partition coefficient (Wildman–Crippen LogP) is 6.57. The van der Waals surface area contributed by atoms with Crippen LogP contribution in [-0.4, -0.2) is 34.5 Å². The number of benzene rings is 1. The smallest absolute Gasteiger partial charge is 0.403 e. The highest BCUT2D eigenvalue weighted by Crippen LogP contribution is 2.48. The van der Waals surface area contributed by atoms with Crippen molar-refractivity contribution in [3.8, 4) is 0 Å². The van der Waals surface area contributed by atoms with E-state index in [0.717, 1.165) is 0 Å². The molecular weight excluding hydrogens is 375 g/mol. The fraction of sp³-hybridized carbons (Fsp3) is 0.739. The van der Waals surface area contributed by atoms with E-state index < -0.39 is 16.1 Å². The van der Waals surface area contributed by atoms with Gasteiger partial charge in [0.1, 0.15) is 0 Å². The van der Waals surface area contributed by atoms with Crippen molar-refractivity contribution < 1.29 is 9.31 Å². The summed E-state index contributed by atoms with van der Waals surface area (Å²) in [4.78, 5) is 0. The monoisotopic (exact) mass is 418 g/mol. The van der Waals surface area contributed by atoms with Crippen molar-refractivity contribution in [2.75, 3.05) is 0 Å². The van der Waals surface area contributed by atoms with Crippen LogP contribution in [0.15, 0.2) is 30.3 Å². The van der Waals surface area contributed by atoms with Crippen molar-refractivity contribution in [1.29, 1.82) is 0 Å². The molecule has 1 aromatic carbocycles. The van der Waals surface area contributed by atoms with E-state index in [1.807, 2.05) is 0 Å². The molecule has 2 nitrogen and oxygen atoms in total. The third-order valence-corrected chi connectivity index (χ3v) is 16.8. The highest BCUT2D eigenvalue weighted by Gasteiger charge is 2.55. The van der Waals surface area contributed by atoms with Gasteiger partial charge < -0.3 is 9.31 Å². The second kappa shape index (κ2) is 7.72. The van der Waals surface area contributed by atoms with Gasteiger partial charge in [-0.1, -0.05) is 94.6 Å². The van der Waals surface area contributed by atoms with Gasteiger partial charge in [0.25, 0.3) is 0 Å². The van der Waals surface area contributed by atoms with Crippen LogP contribution in [-0.2, 0) is 9.31 Å². The summed E-state index contributed by atoms with van der Waals surface area (Å²) in [6, 6.07) is 13.6. The standard InChI is InChI=1S/C23H43BO2Si2/c1-21(2,3)28(10,11)18-19(24-25-22(4,5)23(6,7)26-24)17-27(8,9)20-15-13-12-14-16-20/h12-16,19H,17-18H2,1-11H3. The Morgan fingerprint density at radius 3 is 1.75 bits per heavy atom. The Labute approximate surface area is 177 Å². The molecule has 28 heavy (non-hydrogen) atoms. The van der Waals surface area contributed by atoms with Crippen LogP contribution < -0.4 is 5.19 Å². The largest absolute Gasteiger partial charge is 0.460 e. The van der Waals surface area contributed by atoms with E-state index in [1.165, 1.54) is 17.3 Å². The number of hydrogen-bond donors (Lipinski definition) is 0. The zero-order valence-electron chi connectivity index (χ0n) is 20.3. The molecule has 1 heterocycles. The predicted molar refractivity (Wildman–Crippen MR) is 130 cm³/mol. The SMILES string of the molecule is CC1(C)OB(C(C[Si](C)(C)c2ccccc2)C[Si](C)(C)C(C)(C)C)OC1(C)C. The minimum Gasteiger partial charge on any atom is -0.403 e. The lowest BCUT2D eigenvalue weighted by atomic mass is 9.74. The molecule has 0 aliphatic carbocycles. The molecule has 0 radical (unpaired) electrons. The zero-order valence-corrected chi connectivity index (χ0v) is 22.3. The van der Waals surface area contributed by atoms with Crippen molar-refractivity contribution in [3.05, 3.63) is 30.3 Å². The van der Waals surface area contributed by atoms with Gasteiger partial charge in [0.05, 0.1) is 27.3 Å². The van der Waals surface area contributed by atoms with Gasteiger partial charge in [0, 0.05) is 0 Å². The first-order valence-corrected chi connectivity index (χ1v) is 17.3. The molecule has 1 atom stereocenters. The molecule has 2 rings (SSSR count). The van der Waals surface area contributed by atoms with E-state index in [1.54, 1.807) is 0 Å². The van der Waals surface area contributed by atoms with E-state index in [4.69, 9.17) is 9.31 Å². The quantitative estimate of drug-likeness (QED) is 0.486. The van der Waals surface area contributed by atoms with Gasteiger partial charge in [-0.05, 0) is 38.6 Å². The Balaban J connectivity index is 2.35. The van der Waals surface area contributed by atoms with E-state index in [-0.39, 0.29) is 18.3 Å². The minimum atomic E-state index is -1.60. The molecular formula is C23H43BO2Si2. The summed E-state index contributed by atoms with van der Waals surface area (Å²) in [6.07, 6.45) is 0. The van der Waals surface area contributed by atoms with Gasteiger partial charge in [-0.15, -0.1) is 0 Å². The van der Waals surface area contributed by atoms with Crippen molar-refractivity contribution in [3.63, 3.8) is 0 Å². The molecule has 158 valence electrons. The Kier molecular flexibility index (Phi) is 6.59. The third-order valence-electron chi connectivity index (χ3n) is 7.79. The Morgan fingerprint density at radius 2 is 1.32 bits per heavy atom. The van der Waals surface area contributed by atoms with Gasteiger partial charge in [-0.3, -0.25) is 0 Å². The van der Waals surface area contributed by atoms with E-state index >= 15 is 0 Å². The fourth-order valence-electron chi connectivity index (χ4n) is 3.97. The topological polar surface area (TPSA) is 18.5 Å². The zero-order chi connectivity index (χ0) is 21.6. The van der Waals surface area contributed by atoms with Crippen LogP contribution in [0.1, 0.15) is 48.5 Å². The van der Waals surface area contributed by atoms with Gasteiger partial charge in [-0.2, -0.15) is 0 Å². The summed E-state index contributed by atoms with van der Waals surface area (Å²) in [5.74, 6) is 0.448. The summed E-state index contributed by atoms with van der Waals surface area (Å²) in [5.41, 5.74) is -0.524. The molecule has 1 fully saturated rings. The molecule has 0 amide bonds. The van der Waals surface area contributed by atoms with Gasteiger partial charge in [-0.25, -0.2) is 0 Å². The van der Waals surface area contributed by atoms with Gasteiger partial charge in [0.2, 0.25) is 0 Å². The molecule has 0 N–H and O–H groups in total. The van der Waals surface area contributed by atoms with Crippen molar-refractivity contribution >= 4 is 28.5 Å². The van der Waals surface area contributed by atoms with Crippen LogP contribution in [0.3, 0.4) is 0 Å². The molecule has 0 bridgehead atoms. The Bertz CT molecular complexity index is 647. The molecule has 0 saturated carbocycles. The molecule has 1 unspecified atom stereocenters. The molecule has 0 spiro atoms. The second-order valence-electron chi connectivity index (χ2n) is 12.2. The van der Waals surface area contributed by atoms with Crippen molar-refractivity contribution in [1.82, 2.24) is 0 Å². The average Bonchev–Trinajstić information content (AvgIpc) is 2.74. The maximum Gasteiger partial charge on any atom is 0.460 e. The average molecular weight is 419 g/mol. The summed E-state index contributed by atoms with van der Waals surface area (Å²) in [6.45, 7) is 26.1. The summed E-state index contributed by atoms with van der Waals surface area (Å²) in [5, 5.41) is 1.90. The molecule has 1 aromatic rings. The van der Waals surface area contributed by atoms with Crippen LogP contribution >= 0.6 is 0 Å². The highest BCUT2D eigenvalue weighted by atomic mass is 28.3. The Morgan fingerprint density at radius 1 is 0.857 bits per heavy atom. The summed E-state index contributed by atoms with van der Waals surface area (Å²) < 4.78 is 13.2. The van der Waals surface area contributed by atoms with Crippen LogP contribution in [0.2, 0.25) is 49.1 Å². The lowest BCUT2D eigenvalue weighted by Gasteiger charge is -2.41. The maximum atomic E-state index is 6.59. The van der Waals surface area contributed by atoms with Crippen LogP contribution in [0, 0.1) is 0 Å². The highest BCUT2D eigenvalue weighted by molar-refractivity contribution is 6.91. The molecule has 1 aliphatic rings. The number of hydrogen-bond acceptors (Lipinski definition) is 2. The van der Waals surface area contributed by atoms with Crippen LogP contribution in [0.25, 0.3) is 0 Å². The van der Waals surface area contributed by atoms with Gasteiger partial charge >= 0.3 is 7.12 Å². The van der Waals surface area contributed by atoms with Crippen molar-refractivity contribution in [2.45, 2.75) is 109 Å². The van der Waals surface area contributed by atoms with Crippen LogP contribution in [0.5, 0.6) is 0 Å². The molecule has 0 aromatic heterocycles. The fourth-order valence-corrected chi connectivity index (χ4v) is 9.50. The Hall–Kier alpha value is -0.361. The minimum absolute atomic E-state index is 0.102. The van der Waals surface area contributed by atoms with E-state index in [9.17, 15) is 0 Å². The van der Waals surface area contributed by atoms with Crippen LogP contribution in [0.4, 0.5) is 0 Å². The second-order valence-corrected chi connectivity index (χ2v) is 22.6. The van der Waals surface area contributed by atoms with E-state index in [2.05, 4.69) is 105 Å². The normalized spacial score (nSPS) is 21.0. The number of rotatable bonds is 6. The molecule has 1 saturated heterocycles. The summed E-state index contributed by atoms with van der Waals surface area (Å²) in [7, 11) is -3.17. The first-order valence-electron chi connectivity index (χ1n) is 10.9. The third kappa shape index (κ3) is 5.03. The maximum absolute atomic E-state index is 6.59. The van der Waals surface area contributed by atoms with Crippen molar-refractivity contribution in [2.24, 2.45) is 0 Å². The first kappa shape index (κ1) is 23.9. The lowest BCUT2D eigenvalue weighted by Crippen LogP contribution is -2.47. The van der Waals surface area contributed by atoms with Gasteiger partial charge in [0.15, 0.2) is 0 Å². The van der Waals surface area contributed by atoms with E-state index in [0.29, 0.717) is 10.9 Å². The molecule has 1 aliphatic heterocycles. The first-order chi connectivity index (χ1) is 12.5. The molecule has 5 heteroatoms. The summed E-state index contributed by atoms with van der Waals surface area (Å²) >= 11 is 0. The lowest BCUT2D eigenvalue weighted by molar-refractivity contribution is 0.00578.